The zero-order valence-corrected chi connectivity index (χ0v) is 32.1. The molecule has 10 nitrogen and oxygen atoms in total. The molecular weight excluding hydrogens is 697 g/mol. The van der Waals surface area contributed by atoms with E-state index < -0.39 is 19.8 Å². The molecule has 2 N–H and O–H groups in total. The van der Waals surface area contributed by atoms with Gasteiger partial charge in [-0.15, -0.1) is 0 Å². The fourth-order valence-electron chi connectivity index (χ4n) is 9.38. The van der Waals surface area contributed by atoms with Gasteiger partial charge in [0.2, 0.25) is 11.8 Å². The van der Waals surface area contributed by atoms with Gasteiger partial charge in [0, 0.05) is 36.6 Å². The first-order chi connectivity index (χ1) is 26.0. The van der Waals surface area contributed by atoms with Gasteiger partial charge in [0.05, 0.1) is 51.8 Å². The van der Waals surface area contributed by atoms with E-state index in [4.69, 9.17) is 14.6 Å². The van der Waals surface area contributed by atoms with Crippen molar-refractivity contribution in [1.29, 1.82) is 0 Å². The monoisotopic (exact) mass is 742 g/mol. The summed E-state index contributed by atoms with van der Waals surface area (Å²) < 4.78 is 12.6. The molecule has 1 fully saturated rings. The van der Waals surface area contributed by atoms with Gasteiger partial charge in [-0.05, 0) is 59.0 Å². The number of carbonyl (C=O) groups excluding carboxylic acids is 3. The maximum atomic E-state index is 14.5. The highest BCUT2D eigenvalue weighted by Crippen LogP contribution is 2.59. The number of hydrogen-bond acceptors (Lipinski definition) is 7. The Balaban J connectivity index is 1.19. The third kappa shape index (κ3) is 5.95. The second-order valence-electron chi connectivity index (χ2n) is 15.5. The first kappa shape index (κ1) is 35.9. The molecule has 4 aliphatic heterocycles. The maximum absolute atomic E-state index is 14.5. The van der Waals surface area contributed by atoms with E-state index in [-0.39, 0.29) is 48.3 Å². The number of nitrogens with one attached hydrogen (secondary N) is 1. The first-order valence-corrected chi connectivity index (χ1v) is 21.8. The lowest BCUT2D eigenvalue weighted by Crippen LogP contribution is -2.52. The summed E-state index contributed by atoms with van der Waals surface area (Å²) in [5, 5.41) is 20.9. The van der Waals surface area contributed by atoms with E-state index in [1.807, 2.05) is 78.9 Å². The van der Waals surface area contributed by atoms with Crippen molar-refractivity contribution in [1.82, 2.24) is 4.90 Å². The van der Waals surface area contributed by atoms with Crippen LogP contribution in [0.3, 0.4) is 0 Å². The van der Waals surface area contributed by atoms with E-state index >= 15 is 0 Å². The van der Waals surface area contributed by atoms with Gasteiger partial charge in [0.15, 0.2) is 5.60 Å². The Morgan fingerprint density at radius 3 is 2.43 bits per heavy atom. The topological polar surface area (TPSA) is 121 Å². The van der Waals surface area contributed by atoms with E-state index in [1.165, 1.54) is 5.01 Å². The third-order valence-corrected chi connectivity index (χ3v) is 16.6. The van der Waals surface area contributed by atoms with Crippen LogP contribution < -0.4 is 20.2 Å². The Morgan fingerprint density at radius 2 is 1.70 bits per heavy atom. The van der Waals surface area contributed by atoms with Crippen molar-refractivity contribution >= 4 is 48.1 Å². The standard InChI is InChI=1S/C43H46N4O6Si/c1-27-41(54(3,4)34-17-15-33(52-2)16-18-34)38(24-40(50)46-25-30-13-9-8-12-29(30)22-32(46)26-48)53-43(27)35-23-31(14-19-37(35)44-42(43)51)47-39(49)21-20-36(45-47)28-10-6-5-7-11-28/h5-19,23,27,32,38,41,48H,20-22,24-26H2,1-4H3,(H,44,51)/t27-,32-,38+,41-,43+/m0/s1. The van der Waals surface area contributed by atoms with Crippen molar-refractivity contribution in [3.05, 3.63) is 119 Å². The highest BCUT2D eigenvalue weighted by atomic mass is 28.3. The van der Waals surface area contributed by atoms with Crippen LogP contribution in [-0.4, -0.2) is 67.4 Å². The number of aliphatic hydroxyl groups excluding tert-OH is 1. The summed E-state index contributed by atoms with van der Waals surface area (Å²) in [6, 6.07) is 31.1. The van der Waals surface area contributed by atoms with Gasteiger partial charge in [-0.3, -0.25) is 14.4 Å². The Bertz CT molecular complexity index is 2140. The predicted molar refractivity (Wildman–Crippen MR) is 211 cm³/mol. The van der Waals surface area contributed by atoms with Crippen molar-refractivity contribution in [2.45, 2.75) is 75.5 Å². The Hall–Kier alpha value is -5.10. The number of rotatable bonds is 8. The number of hydrazone groups is 1. The molecule has 4 aromatic carbocycles. The van der Waals surface area contributed by atoms with Crippen LogP contribution in [0.25, 0.3) is 0 Å². The molecule has 54 heavy (non-hydrogen) atoms. The van der Waals surface area contributed by atoms with Crippen molar-refractivity contribution in [3.63, 3.8) is 0 Å². The second kappa shape index (κ2) is 14.0. The number of amides is 3. The van der Waals surface area contributed by atoms with Gasteiger partial charge in [0.25, 0.3) is 5.91 Å². The summed E-state index contributed by atoms with van der Waals surface area (Å²) in [6.45, 7) is 6.88. The summed E-state index contributed by atoms with van der Waals surface area (Å²) in [4.78, 5) is 44.1. The van der Waals surface area contributed by atoms with Crippen molar-refractivity contribution in [3.8, 4) is 5.75 Å². The van der Waals surface area contributed by atoms with Gasteiger partial charge in [-0.2, -0.15) is 5.10 Å². The number of nitrogens with zero attached hydrogens (tertiary/aromatic N) is 3. The van der Waals surface area contributed by atoms with Crippen molar-refractivity contribution < 1.29 is 29.0 Å². The number of ether oxygens (including phenoxy) is 2. The molecule has 5 atom stereocenters. The van der Waals surface area contributed by atoms with Gasteiger partial charge in [-0.1, -0.05) is 91.9 Å². The minimum Gasteiger partial charge on any atom is -0.497 e. The number of methoxy groups -OCH3 is 1. The van der Waals surface area contributed by atoms with Crippen molar-refractivity contribution in [2.24, 2.45) is 11.0 Å². The molecule has 11 heteroatoms. The molecular formula is C43H46N4O6Si. The smallest absolute Gasteiger partial charge is 0.261 e. The van der Waals surface area contributed by atoms with E-state index in [1.54, 1.807) is 12.0 Å². The molecule has 0 unspecified atom stereocenters. The average Bonchev–Trinajstić information content (AvgIpc) is 3.65. The summed E-state index contributed by atoms with van der Waals surface area (Å²) in [5.41, 5.74) is 4.22. The highest BCUT2D eigenvalue weighted by Gasteiger charge is 2.65. The fraction of sp³-hybridized carbons (Fsp3) is 0.349. The van der Waals surface area contributed by atoms with Crippen LogP contribution in [0.5, 0.6) is 5.75 Å². The van der Waals surface area contributed by atoms with Crippen LogP contribution in [0.2, 0.25) is 18.6 Å². The van der Waals surface area contributed by atoms with Gasteiger partial charge in [-0.25, -0.2) is 5.01 Å². The van der Waals surface area contributed by atoms with Crippen LogP contribution in [-0.2, 0) is 37.7 Å². The van der Waals surface area contributed by atoms with E-state index in [0.29, 0.717) is 42.7 Å². The van der Waals surface area contributed by atoms with Gasteiger partial charge < -0.3 is 24.8 Å². The zero-order chi connectivity index (χ0) is 37.8. The molecule has 0 radical (unpaired) electrons. The average molecular weight is 743 g/mol. The fourth-order valence-corrected chi connectivity index (χ4v) is 13.4. The summed E-state index contributed by atoms with van der Waals surface area (Å²) in [6.07, 6.45) is 0.870. The summed E-state index contributed by atoms with van der Waals surface area (Å²) in [7, 11) is -0.879. The van der Waals surface area contributed by atoms with Gasteiger partial charge >= 0.3 is 0 Å². The second-order valence-corrected chi connectivity index (χ2v) is 20.2. The minimum atomic E-state index is -2.52. The Kier molecular flexibility index (Phi) is 9.27. The van der Waals surface area contributed by atoms with Crippen LogP contribution >= 0.6 is 0 Å². The molecule has 0 aliphatic carbocycles. The van der Waals surface area contributed by atoms with Crippen LogP contribution in [0.4, 0.5) is 11.4 Å². The molecule has 278 valence electrons. The number of hydrogen-bond donors (Lipinski definition) is 2. The molecule has 4 aromatic rings. The number of carbonyl (C=O) groups is 3. The van der Waals surface area contributed by atoms with E-state index in [0.717, 1.165) is 33.3 Å². The number of aliphatic hydroxyl groups is 1. The van der Waals surface area contributed by atoms with Crippen molar-refractivity contribution in [2.75, 3.05) is 24.0 Å². The molecule has 4 aliphatic rings. The normalized spacial score (nSPS) is 24.9. The summed E-state index contributed by atoms with van der Waals surface area (Å²) >= 11 is 0. The number of fused-ring (bicyclic) bond motifs is 3. The predicted octanol–water partition coefficient (Wildman–Crippen LogP) is 5.73. The lowest BCUT2D eigenvalue weighted by atomic mass is 9.82. The van der Waals surface area contributed by atoms with E-state index in [2.05, 4.69) is 43.5 Å². The molecule has 1 saturated heterocycles. The molecule has 0 saturated carbocycles. The van der Waals surface area contributed by atoms with Crippen LogP contribution in [0, 0.1) is 5.92 Å². The minimum absolute atomic E-state index is 0.0552. The molecule has 0 aromatic heterocycles. The maximum Gasteiger partial charge on any atom is 0.261 e. The lowest BCUT2D eigenvalue weighted by molar-refractivity contribution is -0.149. The number of benzene rings is 4. The molecule has 0 bridgehead atoms. The van der Waals surface area contributed by atoms with Crippen LogP contribution in [0.15, 0.2) is 102 Å². The first-order valence-electron chi connectivity index (χ1n) is 18.8. The molecule has 3 amide bonds. The van der Waals surface area contributed by atoms with Gasteiger partial charge in [0.1, 0.15) is 5.75 Å². The lowest BCUT2D eigenvalue weighted by Gasteiger charge is -2.39. The molecule has 1 spiro atoms. The quantitative estimate of drug-likeness (QED) is 0.223. The third-order valence-electron chi connectivity index (χ3n) is 12.2. The largest absolute Gasteiger partial charge is 0.497 e. The Morgan fingerprint density at radius 1 is 0.981 bits per heavy atom. The van der Waals surface area contributed by atoms with E-state index in [9.17, 15) is 19.5 Å². The zero-order valence-electron chi connectivity index (χ0n) is 31.1. The molecule has 8 rings (SSSR count). The molecule has 4 heterocycles. The SMILES string of the molecule is COc1ccc([Si](C)(C)[C@@H]2[C@@H](CC(=O)N3Cc4ccccc4C[C@H]3CO)O[C@]3(C(=O)Nc4ccc(N5N=C(c6ccccc6)CCC5=O)cc43)[C@H]2C)cc1. The van der Waals surface area contributed by atoms with Crippen LogP contribution in [0.1, 0.15) is 48.4 Å². The highest BCUT2D eigenvalue weighted by molar-refractivity contribution is 6.91. The Labute approximate surface area is 316 Å². The summed E-state index contributed by atoms with van der Waals surface area (Å²) in [5.74, 6) is -0.106. The number of anilines is 2.